The van der Waals surface area contributed by atoms with Crippen LogP contribution in [-0.2, 0) is 29.2 Å². The minimum Gasteiger partial charge on any atom is -0.497 e. The van der Waals surface area contributed by atoms with Crippen LogP contribution in [0.25, 0.3) is 22.2 Å². The molecule has 292 valence electrons. The average Bonchev–Trinajstić information content (AvgIpc) is 4.07. The van der Waals surface area contributed by atoms with Gasteiger partial charge in [-0.25, -0.2) is 13.4 Å². The van der Waals surface area contributed by atoms with Gasteiger partial charge >= 0.3 is 0 Å². The number of nitrogens with one attached hydrogen (secondary N) is 3. The van der Waals surface area contributed by atoms with Gasteiger partial charge in [0.25, 0.3) is 5.91 Å². The van der Waals surface area contributed by atoms with E-state index in [-0.39, 0.29) is 44.0 Å². The van der Waals surface area contributed by atoms with E-state index in [1.807, 2.05) is 87.5 Å². The van der Waals surface area contributed by atoms with Crippen LogP contribution >= 0.6 is 0 Å². The molecule has 0 spiro atoms. The van der Waals surface area contributed by atoms with Crippen molar-refractivity contribution in [3.63, 3.8) is 0 Å². The predicted octanol–water partition coefficient (Wildman–Crippen LogP) is 4.06. The summed E-state index contributed by atoms with van der Waals surface area (Å²) in [4.78, 5) is 62.0. The van der Waals surface area contributed by atoms with Crippen molar-refractivity contribution in [2.45, 2.75) is 94.7 Å². The van der Waals surface area contributed by atoms with E-state index in [1.165, 1.54) is 0 Å². The van der Waals surface area contributed by atoms with Crippen LogP contribution in [-0.4, -0.2) is 91.0 Å². The first kappa shape index (κ1) is 38.5. The molecule has 2 aliphatic heterocycles. The van der Waals surface area contributed by atoms with Gasteiger partial charge in [-0.15, -0.1) is 0 Å². The van der Waals surface area contributed by atoms with Crippen LogP contribution in [0.3, 0.4) is 0 Å². The number of carbonyl (C=O) groups is 4. The number of benzene rings is 2. The zero-order valence-electron chi connectivity index (χ0n) is 31.7. The number of methoxy groups -OCH3 is 1. The number of Topliss-reactive ketones (excluding diaryl/α,β-unsaturated/α-hetero) is 1. The molecule has 2 saturated carbocycles. The average molecular weight is 772 g/mol. The molecule has 1 saturated heterocycles. The monoisotopic (exact) mass is 771 g/mol. The second kappa shape index (κ2) is 15.0. The number of carbonyl (C=O) groups excluding carboxylic acids is 4. The maximum atomic E-state index is 14.4. The van der Waals surface area contributed by atoms with Gasteiger partial charge in [-0.05, 0) is 49.7 Å². The quantitative estimate of drug-likeness (QED) is 0.298. The summed E-state index contributed by atoms with van der Waals surface area (Å²) in [5.74, 6) is -1.06. The third-order valence-electron chi connectivity index (χ3n) is 11.0. The van der Waals surface area contributed by atoms with Gasteiger partial charge in [-0.1, -0.05) is 63.3 Å². The number of sulfonamides is 1. The highest BCUT2D eigenvalue weighted by atomic mass is 32.2. The molecule has 5 atom stereocenters. The zero-order chi connectivity index (χ0) is 39.1. The van der Waals surface area contributed by atoms with Crippen LogP contribution in [0.4, 0.5) is 0 Å². The number of ether oxygens (including phenoxy) is 2. The molecule has 2 aromatic carbocycles. The Bertz CT molecular complexity index is 2130. The Morgan fingerprint density at radius 2 is 1.82 bits per heavy atom. The molecule has 55 heavy (non-hydrogen) atoms. The summed E-state index contributed by atoms with van der Waals surface area (Å²) in [5, 5.41) is 6.03. The van der Waals surface area contributed by atoms with Crippen molar-refractivity contribution in [2.24, 2.45) is 11.3 Å². The first-order chi connectivity index (χ1) is 26.2. The molecule has 3 fully saturated rings. The van der Waals surface area contributed by atoms with E-state index < -0.39 is 62.1 Å². The highest BCUT2D eigenvalue weighted by Crippen LogP contribution is 2.46. The molecule has 3 heterocycles. The molecule has 3 amide bonds. The molecule has 3 N–H and O–H groups in total. The standard InChI is InChI=1S/C41H49N5O8S/c1-40(2,3)37-34(47)24-46-23-28(54-35-21-31(25-11-7-5-8-12-25)42-32-19-27(53-4)15-18-30(32)35)20-33(46)38(49)44-41(39(50)45-55(51,52)29-16-17-29)22-26(41)13-9-6-10-14-36(48)43-37/h5,7-9,11-13,15,18-19,21,26,28-29,33,37H,6,10,14,16-17,20,22-24H2,1-4H3,(H,43,48)(H,44,49)(H,45,50)/b13-9-/t26-,28+,33-,37-,41-/m0/s1. The van der Waals surface area contributed by atoms with Crippen molar-refractivity contribution in [1.82, 2.24) is 25.2 Å². The lowest BCUT2D eigenvalue weighted by atomic mass is 9.83. The number of nitrogens with zero attached hydrogens (tertiary/aromatic N) is 2. The first-order valence-corrected chi connectivity index (χ1v) is 20.5. The van der Waals surface area contributed by atoms with Gasteiger partial charge in [0.05, 0.1) is 42.2 Å². The Hall–Kier alpha value is -4.82. The van der Waals surface area contributed by atoms with Gasteiger partial charge in [0.15, 0.2) is 5.78 Å². The number of amides is 3. The van der Waals surface area contributed by atoms with Crippen LogP contribution in [0.15, 0.2) is 66.7 Å². The molecule has 0 unspecified atom stereocenters. The topological polar surface area (TPSA) is 173 Å². The predicted molar refractivity (Wildman–Crippen MR) is 207 cm³/mol. The van der Waals surface area contributed by atoms with E-state index >= 15 is 0 Å². The molecule has 7 rings (SSSR count). The Labute approximate surface area is 321 Å². The summed E-state index contributed by atoms with van der Waals surface area (Å²) >= 11 is 0. The Morgan fingerprint density at radius 3 is 2.53 bits per heavy atom. The van der Waals surface area contributed by atoms with Crippen LogP contribution in [0, 0.1) is 11.3 Å². The largest absolute Gasteiger partial charge is 0.497 e. The van der Waals surface area contributed by atoms with Crippen LogP contribution in [0.1, 0.15) is 65.7 Å². The minimum absolute atomic E-state index is 0.164. The fraction of sp³-hybridized carbons (Fsp3) is 0.488. The lowest BCUT2D eigenvalue weighted by Gasteiger charge is -2.33. The van der Waals surface area contributed by atoms with Crippen LogP contribution in [0.2, 0.25) is 0 Å². The van der Waals surface area contributed by atoms with E-state index in [2.05, 4.69) is 15.4 Å². The third kappa shape index (κ3) is 8.40. The number of ketones is 1. The van der Waals surface area contributed by atoms with E-state index in [9.17, 15) is 27.6 Å². The summed E-state index contributed by atoms with van der Waals surface area (Å²) < 4.78 is 40.2. The Morgan fingerprint density at radius 1 is 1.05 bits per heavy atom. The van der Waals surface area contributed by atoms with Gasteiger partial charge in [0.1, 0.15) is 23.1 Å². The van der Waals surface area contributed by atoms with Gasteiger partial charge < -0.3 is 20.1 Å². The summed E-state index contributed by atoms with van der Waals surface area (Å²) in [6.07, 6.45) is 5.70. The number of hydrogen-bond donors (Lipinski definition) is 3. The summed E-state index contributed by atoms with van der Waals surface area (Å²) in [5.41, 5.74) is 0.119. The van der Waals surface area contributed by atoms with Crippen molar-refractivity contribution in [1.29, 1.82) is 0 Å². The molecule has 0 bridgehead atoms. The number of rotatable bonds is 7. The fourth-order valence-electron chi connectivity index (χ4n) is 7.64. The van der Waals surface area contributed by atoms with E-state index in [4.69, 9.17) is 14.5 Å². The molecule has 13 nitrogen and oxygen atoms in total. The minimum atomic E-state index is -3.88. The Kier molecular flexibility index (Phi) is 10.5. The molecular weight excluding hydrogens is 723 g/mol. The molecule has 0 radical (unpaired) electrons. The van der Waals surface area contributed by atoms with Crippen LogP contribution in [0.5, 0.6) is 11.5 Å². The normalized spacial score (nSPS) is 27.3. The highest BCUT2D eigenvalue weighted by molar-refractivity contribution is 7.91. The summed E-state index contributed by atoms with van der Waals surface area (Å²) in [7, 11) is -2.30. The second-order valence-corrected chi connectivity index (χ2v) is 18.2. The molecule has 14 heteroatoms. The number of fused-ring (bicyclic) bond motifs is 3. The van der Waals surface area contributed by atoms with Crippen LogP contribution < -0.4 is 24.8 Å². The number of allylic oxidation sites excluding steroid dienone is 1. The van der Waals surface area contributed by atoms with Gasteiger partial charge in [0, 0.05) is 48.4 Å². The van der Waals surface area contributed by atoms with Gasteiger partial charge in [0.2, 0.25) is 21.8 Å². The van der Waals surface area contributed by atoms with E-state index in [0.717, 1.165) is 10.9 Å². The van der Waals surface area contributed by atoms with Crippen molar-refractivity contribution in [2.75, 3.05) is 20.2 Å². The van der Waals surface area contributed by atoms with Gasteiger partial charge in [-0.2, -0.15) is 0 Å². The molecular formula is C41H49N5O8S. The smallest absolute Gasteiger partial charge is 0.259 e. The molecule has 2 aliphatic carbocycles. The van der Waals surface area contributed by atoms with Crippen molar-refractivity contribution in [3.05, 3.63) is 66.7 Å². The maximum absolute atomic E-state index is 14.4. The lowest BCUT2D eigenvalue weighted by Crippen LogP contribution is -2.57. The third-order valence-corrected chi connectivity index (χ3v) is 12.8. The molecule has 4 aliphatic rings. The number of hydrogen-bond acceptors (Lipinski definition) is 10. The summed E-state index contributed by atoms with van der Waals surface area (Å²) in [6, 6.07) is 15.3. The second-order valence-electron chi connectivity index (χ2n) is 16.3. The SMILES string of the molecule is COc1ccc2c(O[C@@H]3C[C@H]4C(=O)N[C@@]5(C(=O)NS(=O)(=O)C6CC6)C[C@@H]5/C=C\CCCC(=O)N[C@H](C(C)(C)C)C(=O)CN4C3)cc(-c3ccccc3)nc2c1. The number of pyridine rings is 1. The fourth-order valence-corrected chi connectivity index (χ4v) is 9.01. The van der Waals surface area contributed by atoms with Crippen molar-refractivity contribution in [3.8, 4) is 22.8 Å². The van der Waals surface area contributed by atoms with Crippen molar-refractivity contribution < 1.29 is 37.1 Å². The number of aromatic nitrogens is 1. The van der Waals surface area contributed by atoms with Gasteiger partial charge in [-0.3, -0.25) is 28.8 Å². The van der Waals surface area contributed by atoms with E-state index in [0.29, 0.717) is 48.4 Å². The first-order valence-electron chi connectivity index (χ1n) is 19.0. The van der Waals surface area contributed by atoms with E-state index in [1.54, 1.807) is 12.0 Å². The Balaban J connectivity index is 1.22. The molecule has 3 aromatic rings. The van der Waals surface area contributed by atoms with Crippen molar-refractivity contribution >= 4 is 44.4 Å². The highest BCUT2D eigenvalue weighted by Gasteiger charge is 2.62. The summed E-state index contributed by atoms with van der Waals surface area (Å²) in [6.45, 7) is 5.68. The maximum Gasteiger partial charge on any atom is 0.259 e. The molecule has 1 aromatic heterocycles. The lowest BCUT2D eigenvalue weighted by molar-refractivity contribution is -0.134. The zero-order valence-corrected chi connectivity index (χ0v) is 32.5.